The van der Waals surface area contributed by atoms with Crippen molar-refractivity contribution in [2.24, 2.45) is 0 Å². The predicted molar refractivity (Wildman–Crippen MR) is 133 cm³/mol. The molecule has 0 saturated heterocycles. The van der Waals surface area contributed by atoms with Crippen molar-refractivity contribution in [2.75, 3.05) is 12.4 Å². The molecule has 0 unspecified atom stereocenters. The molecule has 7 nitrogen and oxygen atoms in total. The molecule has 0 fully saturated rings. The SMILES string of the molecule is CN[C@@H](C)C(=O)Nc1ccc(-c2ccc(F)cc2)n(Cc2cc(Oc3ccc(F)cc3)ccn2)c1=O. The van der Waals surface area contributed by atoms with E-state index in [2.05, 4.69) is 15.6 Å². The van der Waals surface area contributed by atoms with E-state index < -0.39 is 17.4 Å². The van der Waals surface area contributed by atoms with Gasteiger partial charge in [0.2, 0.25) is 5.91 Å². The number of ether oxygens (including phenoxy) is 1. The van der Waals surface area contributed by atoms with Crippen LogP contribution in [0.25, 0.3) is 11.3 Å². The molecule has 0 spiro atoms. The Bertz CT molecular complexity index is 1420. The summed E-state index contributed by atoms with van der Waals surface area (Å²) >= 11 is 0. The van der Waals surface area contributed by atoms with E-state index >= 15 is 0 Å². The van der Waals surface area contributed by atoms with Crippen molar-refractivity contribution < 1.29 is 18.3 Å². The molecule has 9 heteroatoms. The van der Waals surface area contributed by atoms with E-state index in [9.17, 15) is 18.4 Å². The summed E-state index contributed by atoms with van der Waals surface area (Å²) in [6.07, 6.45) is 1.54. The molecule has 4 aromatic rings. The van der Waals surface area contributed by atoms with E-state index in [0.717, 1.165) is 0 Å². The number of nitrogens with one attached hydrogen (secondary N) is 2. The molecule has 2 N–H and O–H groups in total. The number of likely N-dealkylation sites (N-methyl/N-ethyl adjacent to an activating group) is 1. The molecule has 4 rings (SSSR count). The lowest BCUT2D eigenvalue weighted by molar-refractivity contribution is -0.117. The monoisotopic (exact) mass is 490 g/mol. The Hall–Kier alpha value is -4.37. The summed E-state index contributed by atoms with van der Waals surface area (Å²) in [6.45, 7) is 1.73. The van der Waals surface area contributed by atoms with Crippen molar-refractivity contribution >= 4 is 11.6 Å². The molecular formula is C27H24F2N4O3. The number of benzene rings is 2. The summed E-state index contributed by atoms with van der Waals surface area (Å²) in [4.78, 5) is 30.2. The van der Waals surface area contributed by atoms with E-state index in [-0.39, 0.29) is 24.0 Å². The van der Waals surface area contributed by atoms with Crippen molar-refractivity contribution in [1.82, 2.24) is 14.9 Å². The van der Waals surface area contributed by atoms with Crippen LogP contribution in [-0.2, 0) is 11.3 Å². The minimum Gasteiger partial charge on any atom is -0.457 e. The van der Waals surface area contributed by atoms with Crippen molar-refractivity contribution in [3.8, 4) is 22.8 Å². The maximum Gasteiger partial charge on any atom is 0.275 e. The second kappa shape index (κ2) is 10.9. The van der Waals surface area contributed by atoms with Crippen molar-refractivity contribution in [3.63, 3.8) is 0 Å². The minimum atomic E-state index is -0.503. The molecule has 0 aliphatic heterocycles. The lowest BCUT2D eigenvalue weighted by Crippen LogP contribution is -2.37. The number of carbonyl (C=O) groups is 1. The van der Waals surface area contributed by atoms with Crippen LogP contribution >= 0.6 is 0 Å². The maximum absolute atomic E-state index is 13.5. The first-order valence-corrected chi connectivity index (χ1v) is 11.2. The van der Waals surface area contributed by atoms with Gasteiger partial charge in [-0.2, -0.15) is 0 Å². The first kappa shape index (κ1) is 24.7. The number of hydrogen-bond acceptors (Lipinski definition) is 5. The highest BCUT2D eigenvalue weighted by Gasteiger charge is 2.16. The second-order valence-corrected chi connectivity index (χ2v) is 8.07. The molecule has 36 heavy (non-hydrogen) atoms. The molecule has 0 aliphatic carbocycles. The van der Waals surface area contributed by atoms with Gasteiger partial charge < -0.3 is 19.9 Å². The maximum atomic E-state index is 13.5. The third kappa shape index (κ3) is 5.81. The number of amides is 1. The Labute approximate surface area is 206 Å². The van der Waals surface area contributed by atoms with Crippen LogP contribution in [0.1, 0.15) is 12.6 Å². The third-order valence-electron chi connectivity index (χ3n) is 5.56. The zero-order chi connectivity index (χ0) is 25.7. The fraction of sp³-hybridized carbons (Fsp3) is 0.148. The predicted octanol–water partition coefficient (Wildman–Crippen LogP) is 4.58. The summed E-state index contributed by atoms with van der Waals surface area (Å²) in [5.41, 5.74) is 1.30. The molecule has 1 atom stereocenters. The standard InChI is InChI=1S/C27H24F2N4O3/c1-17(30-2)26(34)32-24-11-12-25(18-3-5-19(28)6-4-18)33(27(24)35)16-21-15-23(13-14-31-21)36-22-9-7-20(29)8-10-22/h3-15,17,30H,16H2,1-2H3,(H,32,34)/t17-/m0/s1. The van der Waals surface area contributed by atoms with Gasteiger partial charge in [0.15, 0.2) is 0 Å². The molecule has 2 heterocycles. The number of anilines is 1. The number of pyridine rings is 2. The number of nitrogens with zero attached hydrogens (tertiary/aromatic N) is 2. The van der Waals surface area contributed by atoms with Gasteiger partial charge in [0.1, 0.15) is 28.8 Å². The van der Waals surface area contributed by atoms with Gasteiger partial charge in [0.25, 0.3) is 5.56 Å². The van der Waals surface area contributed by atoms with E-state index in [1.165, 1.54) is 53.2 Å². The number of hydrogen-bond donors (Lipinski definition) is 2. The largest absolute Gasteiger partial charge is 0.457 e. The summed E-state index contributed by atoms with van der Waals surface area (Å²) in [5, 5.41) is 5.48. The highest BCUT2D eigenvalue weighted by Crippen LogP contribution is 2.24. The summed E-state index contributed by atoms with van der Waals surface area (Å²) in [5.74, 6) is -0.230. The third-order valence-corrected chi connectivity index (χ3v) is 5.56. The summed E-state index contributed by atoms with van der Waals surface area (Å²) in [7, 11) is 1.65. The number of halogens is 2. The van der Waals surface area contributed by atoms with Gasteiger partial charge in [-0.3, -0.25) is 14.6 Å². The lowest BCUT2D eigenvalue weighted by Gasteiger charge is -2.17. The molecule has 2 aromatic carbocycles. The van der Waals surface area contributed by atoms with Gasteiger partial charge in [-0.15, -0.1) is 0 Å². The fourth-order valence-corrected chi connectivity index (χ4v) is 3.48. The average Bonchev–Trinajstić information content (AvgIpc) is 2.88. The number of rotatable bonds is 8. The van der Waals surface area contributed by atoms with Gasteiger partial charge in [-0.05, 0) is 86.3 Å². The zero-order valence-electron chi connectivity index (χ0n) is 19.7. The topological polar surface area (TPSA) is 85.2 Å². The van der Waals surface area contributed by atoms with Crippen LogP contribution in [0.4, 0.5) is 14.5 Å². The molecule has 0 bridgehead atoms. The smallest absolute Gasteiger partial charge is 0.275 e. The van der Waals surface area contributed by atoms with E-state index in [4.69, 9.17) is 4.74 Å². The van der Waals surface area contributed by atoms with E-state index in [0.29, 0.717) is 28.5 Å². The van der Waals surface area contributed by atoms with Crippen LogP contribution in [-0.4, -0.2) is 28.5 Å². The first-order valence-electron chi connectivity index (χ1n) is 11.2. The van der Waals surface area contributed by atoms with Gasteiger partial charge >= 0.3 is 0 Å². The Kier molecular flexibility index (Phi) is 7.50. The Balaban J connectivity index is 1.70. The lowest BCUT2D eigenvalue weighted by atomic mass is 10.1. The van der Waals surface area contributed by atoms with E-state index in [1.54, 1.807) is 44.3 Å². The molecule has 184 valence electrons. The van der Waals surface area contributed by atoms with Gasteiger partial charge in [0, 0.05) is 12.3 Å². The summed E-state index contributed by atoms with van der Waals surface area (Å²) < 4.78 is 34.0. The molecule has 0 radical (unpaired) electrons. The Morgan fingerprint density at radius 3 is 2.31 bits per heavy atom. The van der Waals surface area contributed by atoms with Crippen LogP contribution in [0.3, 0.4) is 0 Å². The van der Waals surface area contributed by atoms with Gasteiger partial charge in [0.05, 0.1) is 24.0 Å². The molecule has 1 amide bonds. The number of aromatic nitrogens is 2. The molecule has 2 aromatic heterocycles. The van der Waals surface area contributed by atoms with Crippen molar-refractivity contribution in [1.29, 1.82) is 0 Å². The van der Waals surface area contributed by atoms with Gasteiger partial charge in [-0.1, -0.05) is 0 Å². The first-order chi connectivity index (χ1) is 17.3. The molecule has 0 aliphatic rings. The Morgan fingerprint density at radius 1 is 0.972 bits per heavy atom. The van der Waals surface area contributed by atoms with Crippen LogP contribution < -0.4 is 20.9 Å². The molecular weight excluding hydrogens is 466 g/mol. The fourth-order valence-electron chi connectivity index (χ4n) is 3.48. The summed E-state index contributed by atoms with van der Waals surface area (Å²) in [6, 6.07) is 17.4. The van der Waals surface area contributed by atoms with Crippen LogP contribution in [0.15, 0.2) is 83.8 Å². The second-order valence-electron chi connectivity index (χ2n) is 8.07. The minimum absolute atomic E-state index is 0.0530. The highest BCUT2D eigenvalue weighted by atomic mass is 19.1. The quantitative estimate of drug-likeness (QED) is 0.378. The van der Waals surface area contributed by atoms with Crippen molar-refractivity contribution in [3.05, 3.63) is 107 Å². The highest BCUT2D eigenvalue weighted by molar-refractivity contribution is 5.94. The van der Waals surface area contributed by atoms with Gasteiger partial charge in [-0.25, -0.2) is 8.78 Å². The molecule has 0 saturated carbocycles. The average molecular weight is 491 g/mol. The van der Waals surface area contributed by atoms with Crippen LogP contribution in [0.2, 0.25) is 0 Å². The van der Waals surface area contributed by atoms with Crippen molar-refractivity contribution in [2.45, 2.75) is 19.5 Å². The Morgan fingerprint density at radius 2 is 1.64 bits per heavy atom. The van der Waals surface area contributed by atoms with E-state index in [1.807, 2.05) is 0 Å². The number of carbonyl (C=O) groups excluding carboxylic acids is 1. The normalized spacial score (nSPS) is 11.7. The van der Waals surface area contributed by atoms with Crippen LogP contribution in [0.5, 0.6) is 11.5 Å². The van der Waals surface area contributed by atoms with Crippen LogP contribution in [0, 0.1) is 11.6 Å². The zero-order valence-corrected chi connectivity index (χ0v) is 19.7.